The molecule has 5 heteroatoms. The maximum atomic E-state index is 6.09. The van der Waals surface area contributed by atoms with Gasteiger partial charge in [0.15, 0.2) is 0 Å². The first kappa shape index (κ1) is 17.0. The van der Waals surface area contributed by atoms with Crippen LogP contribution in [0.15, 0.2) is 34.6 Å². The molecule has 1 aliphatic rings. The van der Waals surface area contributed by atoms with Gasteiger partial charge in [0.25, 0.3) is 0 Å². The van der Waals surface area contributed by atoms with E-state index in [4.69, 9.17) is 9.31 Å². The fraction of sp³-hybridized carbons (Fsp3) is 0.500. The van der Waals surface area contributed by atoms with E-state index in [2.05, 4.69) is 76.9 Å². The Morgan fingerprint density at radius 3 is 2.10 bits per heavy atom. The molecule has 0 atom stereocenters. The molecular formula is C16H23BO2S2. The summed E-state index contributed by atoms with van der Waals surface area (Å²) in [5.74, 6) is 0.612. The van der Waals surface area contributed by atoms with Crippen LogP contribution in [0.3, 0.4) is 0 Å². The maximum absolute atomic E-state index is 6.09. The van der Waals surface area contributed by atoms with Gasteiger partial charge in [0.1, 0.15) is 0 Å². The molecular weight excluding hydrogens is 299 g/mol. The molecule has 0 bridgehead atoms. The summed E-state index contributed by atoms with van der Waals surface area (Å²) in [4.78, 5) is 1.26. The van der Waals surface area contributed by atoms with Crippen LogP contribution in [0.1, 0.15) is 33.3 Å². The fourth-order valence-electron chi connectivity index (χ4n) is 2.10. The third-order valence-corrected chi connectivity index (χ3v) is 5.32. The summed E-state index contributed by atoms with van der Waals surface area (Å²) in [6.07, 6.45) is 4.19. The van der Waals surface area contributed by atoms with Crippen LogP contribution in [-0.2, 0) is 9.31 Å². The summed E-state index contributed by atoms with van der Waals surface area (Å²) in [5, 5.41) is 0. The van der Waals surface area contributed by atoms with E-state index in [1.165, 1.54) is 4.90 Å². The molecule has 1 heterocycles. The van der Waals surface area contributed by atoms with Crippen molar-refractivity contribution >= 4 is 37.6 Å². The molecule has 0 unspecified atom stereocenters. The lowest BCUT2D eigenvalue weighted by Crippen LogP contribution is -2.41. The van der Waals surface area contributed by atoms with Gasteiger partial charge < -0.3 is 9.31 Å². The minimum Gasteiger partial charge on any atom is -0.400 e. The molecule has 0 saturated carbocycles. The first-order valence-electron chi connectivity index (χ1n) is 7.10. The first-order valence-corrected chi connectivity index (χ1v) is 8.96. The molecule has 1 aromatic rings. The molecule has 0 N–H and O–H groups in total. The highest BCUT2D eigenvalue weighted by Gasteiger charge is 2.52. The van der Waals surface area contributed by atoms with Gasteiger partial charge in [-0.25, -0.2) is 0 Å². The average Bonchev–Trinajstić information content (AvgIpc) is 2.65. The van der Waals surface area contributed by atoms with E-state index >= 15 is 0 Å². The number of hydrogen-bond donors (Lipinski definition) is 1. The molecule has 0 radical (unpaired) electrons. The van der Waals surface area contributed by atoms with Gasteiger partial charge in [-0.05, 0) is 57.1 Å². The van der Waals surface area contributed by atoms with Crippen molar-refractivity contribution in [2.24, 2.45) is 0 Å². The van der Waals surface area contributed by atoms with Crippen LogP contribution in [0, 0.1) is 0 Å². The highest BCUT2D eigenvalue weighted by Crippen LogP contribution is 2.39. The van der Waals surface area contributed by atoms with Crippen molar-refractivity contribution in [3.63, 3.8) is 0 Å². The second-order valence-corrected chi connectivity index (χ2v) is 7.43. The molecule has 1 fully saturated rings. The highest BCUT2D eigenvalue weighted by molar-refractivity contribution is 7.98. The Kier molecular flexibility index (Phi) is 5.19. The lowest BCUT2D eigenvalue weighted by Gasteiger charge is -2.32. The van der Waals surface area contributed by atoms with E-state index in [1.54, 1.807) is 11.8 Å². The smallest absolute Gasteiger partial charge is 0.400 e. The summed E-state index contributed by atoms with van der Waals surface area (Å²) in [6, 6.07) is 8.47. The number of thioether (sulfide) groups is 1. The van der Waals surface area contributed by atoms with E-state index < -0.39 is 0 Å². The predicted octanol–water partition coefficient (Wildman–Crippen LogP) is 4.35. The van der Waals surface area contributed by atoms with E-state index in [0.717, 1.165) is 11.0 Å². The molecule has 114 valence electrons. The Hall–Kier alpha value is -0.355. The van der Waals surface area contributed by atoms with Crippen molar-refractivity contribution < 1.29 is 9.31 Å². The second kappa shape index (κ2) is 6.41. The second-order valence-electron chi connectivity index (χ2n) is 6.24. The van der Waals surface area contributed by atoms with E-state index in [0.29, 0.717) is 5.75 Å². The minimum absolute atomic E-state index is 0.317. The van der Waals surface area contributed by atoms with Gasteiger partial charge in [0.05, 0.1) is 11.2 Å². The molecule has 2 rings (SSSR count). The van der Waals surface area contributed by atoms with Gasteiger partial charge in [-0.2, -0.15) is 12.6 Å². The number of benzene rings is 1. The van der Waals surface area contributed by atoms with Crippen LogP contribution in [0.5, 0.6) is 0 Å². The van der Waals surface area contributed by atoms with Gasteiger partial charge >= 0.3 is 7.12 Å². The summed E-state index contributed by atoms with van der Waals surface area (Å²) < 4.78 is 12.2. The number of rotatable bonds is 4. The third-order valence-electron chi connectivity index (χ3n) is 4.21. The summed E-state index contributed by atoms with van der Waals surface area (Å²) >= 11 is 6.18. The Morgan fingerprint density at radius 2 is 1.67 bits per heavy atom. The number of hydrogen-bond acceptors (Lipinski definition) is 4. The van der Waals surface area contributed by atoms with Crippen molar-refractivity contribution in [2.45, 2.75) is 43.8 Å². The van der Waals surface area contributed by atoms with E-state index in [-0.39, 0.29) is 18.3 Å². The van der Waals surface area contributed by atoms with Crippen LogP contribution >= 0.6 is 24.4 Å². The van der Waals surface area contributed by atoms with Crippen molar-refractivity contribution in [3.8, 4) is 0 Å². The Bertz CT molecular complexity index is 508. The molecule has 0 aromatic heterocycles. The standard InChI is InChI=1S/C16H23BO2S2/c1-15(2)16(3,4)19-17(18-15)13(11-20)10-12-6-8-14(21-5)9-7-12/h6-10,20H,11H2,1-5H3. The van der Waals surface area contributed by atoms with Crippen LogP contribution in [0.2, 0.25) is 0 Å². The lowest BCUT2D eigenvalue weighted by molar-refractivity contribution is 0.00578. The van der Waals surface area contributed by atoms with E-state index in [1.807, 2.05) is 0 Å². The molecule has 0 spiro atoms. The maximum Gasteiger partial charge on any atom is 0.491 e. The van der Waals surface area contributed by atoms with Crippen molar-refractivity contribution in [1.82, 2.24) is 0 Å². The van der Waals surface area contributed by atoms with Gasteiger partial charge in [0, 0.05) is 10.6 Å². The van der Waals surface area contributed by atoms with Crippen LogP contribution in [0.4, 0.5) is 0 Å². The van der Waals surface area contributed by atoms with Crippen molar-refractivity contribution in [3.05, 3.63) is 35.3 Å². The molecule has 1 saturated heterocycles. The average molecular weight is 322 g/mol. The SMILES string of the molecule is CSc1ccc(C=C(CS)B2OC(C)(C)C(C)(C)O2)cc1. The molecule has 2 nitrogen and oxygen atoms in total. The first-order chi connectivity index (χ1) is 9.79. The number of thiol groups is 1. The molecule has 21 heavy (non-hydrogen) atoms. The highest BCUT2D eigenvalue weighted by atomic mass is 32.2. The summed E-state index contributed by atoms with van der Waals surface area (Å²) in [5.41, 5.74) is 1.56. The zero-order valence-corrected chi connectivity index (χ0v) is 15.1. The molecule has 0 aliphatic carbocycles. The van der Waals surface area contributed by atoms with Gasteiger partial charge in [0.2, 0.25) is 0 Å². The van der Waals surface area contributed by atoms with Gasteiger partial charge in [-0.1, -0.05) is 18.2 Å². The normalized spacial score (nSPS) is 20.9. The minimum atomic E-state index is -0.326. The van der Waals surface area contributed by atoms with Crippen LogP contribution in [-0.4, -0.2) is 30.3 Å². The van der Waals surface area contributed by atoms with Crippen molar-refractivity contribution in [2.75, 3.05) is 12.0 Å². The zero-order chi connectivity index (χ0) is 15.7. The largest absolute Gasteiger partial charge is 0.491 e. The topological polar surface area (TPSA) is 18.5 Å². The fourth-order valence-corrected chi connectivity index (χ4v) is 2.75. The molecule has 0 amide bonds. The predicted molar refractivity (Wildman–Crippen MR) is 96.1 cm³/mol. The van der Waals surface area contributed by atoms with Gasteiger partial charge in [-0.3, -0.25) is 0 Å². The lowest BCUT2D eigenvalue weighted by atomic mass is 9.78. The van der Waals surface area contributed by atoms with Crippen LogP contribution < -0.4 is 0 Å². The van der Waals surface area contributed by atoms with Crippen LogP contribution in [0.25, 0.3) is 6.08 Å². The van der Waals surface area contributed by atoms with E-state index in [9.17, 15) is 0 Å². The zero-order valence-electron chi connectivity index (χ0n) is 13.3. The molecule has 1 aromatic carbocycles. The Balaban J connectivity index is 2.22. The third kappa shape index (κ3) is 3.70. The Morgan fingerprint density at radius 1 is 1.14 bits per heavy atom. The summed E-state index contributed by atoms with van der Waals surface area (Å²) in [7, 11) is -0.326. The van der Waals surface area contributed by atoms with Crippen molar-refractivity contribution in [1.29, 1.82) is 0 Å². The van der Waals surface area contributed by atoms with Gasteiger partial charge in [-0.15, -0.1) is 11.8 Å². The summed E-state index contributed by atoms with van der Waals surface area (Å²) in [6.45, 7) is 8.26. The monoisotopic (exact) mass is 322 g/mol. The Labute approximate surface area is 138 Å². The molecule has 1 aliphatic heterocycles. The quantitative estimate of drug-likeness (QED) is 0.505.